The third kappa shape index (κ3) is 5.53. The van der Waals surface area contributed by atoms with Gasteiger partial charge in [0, 0.05) is 46.7 Å². The molecule has 5 heteroatoms. The molecule has 1 nitrogen and oxygen atoms in total. The number of rotatable bonds is 2. The predicted molar refractivity (Wildman–Crippen MR) is 228 cm³/mol. The highest BCUT2D eigenvalue weighted by molar-refractivity contribution is 8.02. The summed E-state index contributed by atoms with van der Waals surface area (Å²) in [6.45, 7) is 19.0. The Balaban J connectivity index is 1.36. The third-order valence-electron chi connectivity index (χ3n) is 10.8. The summed E-state index contributed by atoms with van der Waals surface area (Å²) < 4.78 is 7.70. The molecule has 0 N–H and O–H groups in total. The van der Waals surface area contributed by atoms with Gasteiger partial charge in [0.2, 0.25) is 0 Å². The van der Waals surface area contributed by atoms with Crippen molar-refractivity contribution in [2.75, 3.05) is 0 Å². The molecule has 0 aromatic heterocycles. The fraction of sp³-hybridized carbons (Fsp3) is 0.234. The highest BCUT2D eigenvalue weighted by Crippen LogP contribution is 2.57. The van der Waals surface area contributed by atoms with Crippen molar-refractivity contribution in [1.82, 2.24) is 0 Å². The first kappa shape index (κ1) is 34.4. The zero-order chi connectivity index (χ0) is 36.2. The first-order valence-corrected chi connectivity index (χ1v) is 22.5. The average molecular weight is 751 g/mol. The van der Waals surface area contributed by atoms with Crippen molar-refractivity contribution in [2.24, 2.45) is 0 Å². The Morgan fingerprint density at radius 3 is 1.06 bits per heavy atom. The summed E-state index contributed by atoms with van der Waals surface area (Å²) in [4.78, 5) is 5.41. The summed E-state index contributed by atoms with van der Waals surface area (Å²) in [6, 6.07) is 46.2. The van der Waals surface area contributed by atoms with Gasteiger partial charge in [0.25, 0.3) is 0 Å². The molecule has 0 bridgehead atoms. The van der Waals surface area contributed by atoms with E-state index in [0.717, 1.165) is 11.5 Å². The number of ether oxygens (including phenoxy) is 1. The van der Waals surface area contributed by atoms with Crippen LogP contribution in [0.2, 0.25) is 0 Å². The maximum Gasteiger partial charge on any atom is 0.139 e. The van der Waals surface area contributed by atoms with Gasteiger partial charge in [-0.1, -0.05) is 164 Å². The largest absolute Gasteiger partial charge is 0.455 e. The summed E-state index contributed by atoms with van der Waals surface area (Å²) in [5.74, 6) is 2.11. The van der Waals surface area contributed by atoms with Gasteiger partial charge in [0.05, 0.1) is 0 Å². The van der Waals surface area contributed by atoms with Crippen LogP contribution in [0.3, 0.4) is 0 Å². The summed E-state index contributed by atoms with van der Waals surface area (Å²) in [5.41, 5.74) is 4.95. The standard InChI is InChI=1S/C47H44OP2S2/c1-45(2,3)29-25-31-43(37(27-29)49-33-17-9-13-21-39(33)51-40-22-14-10-18-34(40)49)48-44-32(47(31,7)8)26-30(46(4,5)6)28-38(44)50-35-19-11-15-23-41(35)52-42-24-16-12-20-36(42)50/h9-28H,1-8H3. The molecule has 3 aliphatic rings. The smallest absolute Gasteiger partial charge is 0.139 e. The van der Waals surface area contributed by atoms with Crippen molar-refractivity contribution in [3.05, 3.63) is 144 Å². The number of hydrogen-bond acceptors (Lipinski definition) is 3. The molecule has 3 heterocycles. The van der Waals surface area contributed by atoms with Gasteiger partial charge in [-0.15, -0.1) is 0 Å². The van der Waals surface area contributed by atoms with Gasteiger partial charge in [0.15, 0.2) is 0 Å². The Bertz CT molecular complexity index is 2160. The summed E-state index contributed by atoms with van der Waals surface area (Å²) in [7, 11) is -1.77. The van der Waals surface area contributed by atoms with E-state index in [9.17, 15) is 0 Å². The van der Waals surface area contributed by atoms with Crippen molar-refractivity contribution in [3.8, 4) is 11.5 Å². The second-order valence-electron chi connectivity index (χ2n) is 16.7. The number of fused-ring (bicyclic) bond motifs is 6. The van der Waals surface area contributed by atoms with Crippen LogP contribution in [0, 0.1) is 0 Å². The number of benzene rings is 6. The van der Waals surface area contributed by atoms with Crippen molar-refractivity contribution in [1.29, 1.82) is 0 Å². The summed E-state index contributed by atoms with van der Waals surface area (Å²) in [5, 5.41) is 8.33. The Hall–Kier alpha value is -3.32. The first-order chi connectivity index (χ1) is 24.8. The normalized spacial score (nSPS) is 16.1. The van der Waals surface area contributed by atoms with Crippen LogP contribution >= 0.6 is 39.4 Å². The lowest BCUT2D eigenvalue weighted by Crippen LogP contribution is -2.36. The van der Waals surface area contributed by atoms with Gasteiger partial charge in [0.1, 0.15) is 11.5 Å². The van der Waals surface area contributed by atoms with Gasteiger partial charge in [-0.3, -0.25) is 0 Å². The molecule has 6 aromatic carbocycles. The Morgan fingerprint density at radius 1 is 0.442 bits per heavy atom. The van der Waals surface area contributed by atoms with E-state index >= 15 is 0 Å². The molecule has 0 atom stereocenters. The summed E-state index contributed by atoms with van der Waals surface area (Å²) >= 11 is 3.81. The van der Waals surface area contributed by atoms with Gasteiger partial charge < -0.3 is 4.74 Å². The average Bonchev–Trinajstić information content (AvgIpc) is 3.11. The topological polar surface area (TPSA) is 9.23 Å². The van der Waals surface area contributed by atoms with E-state index in [1.54, 1.807) is 0 Å². The third-order valence-corrected chi connectivity index (χ3v) is 18.8. The summed E-state index contributed by atoms with van der Waals surface area (Å²) in [6.07, 6.45) is 0. The van der Waals surface area contributed by atoms with Crippen molar-refractivity contribution < 1.29 is 4.74 Å². The minimum atomic E-state index is -0.885. The minimum absolute atomic E-state index is 0.0339. The van der Waals surface area contributed by atoms with Crippen molar-refractivity contribution in [3.63, 3.8) is 0 Å². The van der Waals surface area contributed by atoms with Crippen LogP contribution in [-0.2, 0) is 16.2 Å². The van der Waals surface area contributed by atoms with Gasteiger partial charge in [-0.25, -0.2) is 0 Å². The van der Waals surface area contributed by atoms with Crippen LogP contribution in [0.4, 0.5) is 0 Å². The number of hydrogen-bond donors (Lipinski definition) is 0. The van der Waals surface area contributed by atoms with E-state index in [2.05, 4.69) is 177 Å². The minimum Gasteiger partial charge on any atom is -0.455 e. The molecule has 0 saturated carbocycles. The second kappa shape index (κ2) is 12.4. The van der Waals surface area contributed by atoms with Crippen LogP contribution < -0.4 is 36.6 Å². The van der Waals surface area contributed by atoms with Crippen molar-refractivity contribution in [2.45, 2.75) is 91.2 Å². The SMILES string of the molecule is CC(C)(C)c1cc(P2c3ccccc3Sc3ccccc32)c2c(c1)C(C)(C)c1cc(C(C)(C)C)cc(P3c4ccccc4Sc4ccccc43)c1O2. The Morgan fingerprint density at radius 2 is 0.750 bits per heavy atom. The van der Waals surface area contributed by atoms with Gasteiger partial charge in [-0.05, 0) is 95.4 Å². The lowest BCUT2D eigenvalue weighted by molar-refractivity contribution is 0.421. The molecule has 0 fully saturated rings. The highest BCUT2D eigenvalue weighted by atomic mass is 32.2. The van der Waals surface area contributed by atoms with Crippen LogP contribution in [0.5, 0.6) is 11.5 Å². The van der Waals surface area contributed by atoms with Crippen LogP contribution in [-0.4, -0.2) is 0 Å². The highest BCUT2D eigenvalue weighted by Gasteiger charge is 2.43. The van der Waals surface area contributed by atoms with Crippen LogP contribution in [0.25, 0.3) is 0 Å². The molecule has 0 unspecified atom stereocenters. The lowest BCUT2D eigenvalue weighted by atomic mass is 9.72. The molecular weight excluding hydrogens is 707 g/mol. The molecule has 6 aromatic rings. The molecule has 0 saturated heterocycles. The monoisotopic (exact) mass is 750 g/mol. The molecule has 0 amide bonds. The van der Waals surface area contributed by atoms with Gasteiger partial charge >= 0.3 is 0 Å². The van der Waals surface area contributed by atoms with E-state index in [-0.39, 0.29) is 16.2 Å². The first-order valence-electron chi connectivity index (χ1n) is 18.2. The van der Waals surface area contributed by atoms with Crippen molar-refractivity contribution >= 4 is 71.2 Å². The molecule has 0 radical (unpaired) electrons. The molecule has 0 spiro atoms. The molecule has 52 heavy (non-hydrogen) atoms. The van der Waals surface area contributed by atoms with E-state index in [4.69, 9.17) is 4.74 Å². The Labute approximate surface area is 320 Å². The van der Waals surface area contributed by atoms with Crippen LogP contribution in [0.1, 0.15) is 77.6 Å². The zero-order valence-corrected chi connectivity index (χ0v) is 34.6. The maximum absolute atomic E-state index is 7.70. The molecule has 9 rings (SSSR count). The molecule has 0 aliphatic carbocycles. The maximum atomic E-state index is 7.70. The van der Waals surface area contributed by atoms with E-state index in [1.165, 1.54) is 73.7 Å². The fourth-order valence-corrected chi connectivity index (χ4v) is 16.1. The fourth-order valence-electron chi connectivity index (χ4n) is 7.74. The van der Waals surface area contributed by atoms with Gasteiger partial charge in [-0.2, -0.15) is 0 Å². The van der Waals surface area contributed by atoms with Crippen LogP contribution in [0.15, 0.2) is 141 Å². The molecule has 260 valence electrons. The molecule has 3 aliphatic heterocycles. The second-order valence-corrected chi connectivity index (χ2v) is 23.1. The zero-order valence-electron chi connectivity index (χ0n) is 31.2. The molecular formula is C47H44OP2S2. The van der Waals surface area contributed by atoms with E-state index < -0.39 is 15.8 Å². The van der Waals surface area contributed by atoms with E-state index in [1.807, 2.05) is 23.5 Å². The lowest BCUT2D eigenvalue weighted by Gasteiger charge is -2.41. The quantitative estimate of drug-likeness (QED) is 0.163. The predicted octanol–water partition coefficient (Wildman–Crippen LogP) is 11.2. The van der Waals surface area contributed by atoms with E-state index in [0.29, 0.717) is 0 Å². The Kier molecular flexibility index (Phi) is 8.19.